The van der Waals surface area contributed by atoms with E-state index in [1.54, 1.807) is 0 Å². The first-order valence-corrected chi connectivity index (χ1v) is 10.4. The first kappa shape index (κ1) is 20.9. The molecule has 27 heavy (non-hydrogen) atoms. The van der Waals surface area contributed by atoms with Crippen LogP contribution in [0.15, 0.2) is 54.6 Å². The van der Waals surface area contributed by atoms with Gasteiger partial charge in [0, 0.05) is 12.5 Å². The van der Waals surface area contributed by atoms with Crippen molar-refractivity contribution in [3.63, 3.8) is 0 Å². The fraction of sp³-hybridized carbons (Fsp3) is 0.316. The summed E-state index contributed by atoms with van der Waals surface area (Å²) in [5, 5.41) is 0. The van der Waals surface area contributed by atoms with Crippen molar-refractivity contribution in [3.05, 3.63) is 65.7 Å². The summed E-state index contributed by atoms with van der Waals surface area (Å²) in [7, 11) is -3.67. The molecule has 0 spiro atoms. The molecule has 3 N–H and O–H groups in total. The molecule has 2 aromatic carbocycles. The normalized spacial score (nSPS) is 13.3. The van der Waals surface area contributed by atoms with Crippen LogP contribution in [0.25, 0.3) is 0 Å². The van der Waals surface area contributed by atoms with E-state index in [2.05, 4.69) is 10.9 Å². The van der Waals surface area contributed by atoms with Crippen molar-refractivity contribution < 1.29 is 22.5 Å². The Morgan fingerprint density at radius 1 is 1.07 bits per heavy atom. The molecule has 1 aliphatic rings. The number of carbonyl (C=O) groups excluding carboxylic acids is 1. The Labute approximate surface area is 159 Å². The van der Waals surface area contributed by atoms with Crippen molar-refractivity contribution in [2.24, 2.45) is 5.92 Å². The highest BCUT2D eigenvalue weighted by molar-refractivity contribution is 7.85. The van der Waals surface area contributed by atoms with E-state index in [1.807, 2.05) is 54.6 Å². The molecule has 1 amide bonds. The van der Waals surface area contributed by atoms with Gasteiger partial charge in [0.25, 0.3) is 10.1 Å². The summed E-state index contributed by atoms with van der Waals surface area (Å²) in [6.45, 7) is 1.17. The van der Waals surface area contributed by atoms with Crippen molar-refractivity contribution in [2.75, 3.05) is 6.26 Å². The van der Waals surface area contributed by atoms with Gasteiger partial charge in [-0.25, -0.2) is 5.43 Å². The number of hydrazine groups is 1. The van der Waals surface area contributed by atoms with Crippen LogP contribution in [0.5, 0.6) is 5.75 Å². The molecule has 2 aromatic rings. The zero-order valence-electron chi connectivity index (χ0n) is 15.1. The summed E-state index contributed by atoms with van der Waals surface area (Å²) in [6.07, 6.45) is 2.74. The molecule has 0 atom stereocenters. The van der Waals surface area contributed by atoms with Gasteiger partial charge in [0.1, 0.15) is 12.4 Å². The van der Waals surface area contributed by atoms with Gasteiger partial charge in [0.2, 0.25) is 5.91 Å². The molecule has 0 radical (unpaired) electrons. The van der Waals surface area contributed by atoms with Crippen LogP contribution < -0.4 is 15.6 Å². The Balaban J connectivity index is 0.000000465. The van der Waals surface area contributed by atoms with Gasteiger partial charge in [-0.1, -0.05) is 42.5 Å². The van der Waals surface area contributed by atoms with Gasteiger partial charge in [-0.3, -0.25) is 14.8 Å². The standard InChI is InChI=1S/C18H20N2O2.CH4O3S/c21-18(16-8-9-16)20-19-12-14-6-10-17(11-7-14)22-13-15-4-2-1-3-5-15;1-5(2,3)4/h1-7,10-11,16,19H,8-9,12-13H2,(H,20,21);1H3,(H,2,3,4). The maximum atomic E-state index is 11.5. The van der Waals surface area contributed by atoms with E-state index in [-0.39, 0.29) is 11.8 Å². The van der Waals surface area contributed by atoms with E-state index < -0.39 is 10.1 Å². The first-order valence-electron chi connectivity index (χ1n) is 8.52. The summed E-state index contributed by atoms with van der Waals surface area (Å²) in [5.74, 6) is 1.17. The molecule has 7 nitrogen and oxygen atoms in total. The summed E-state index contributed by atoms with van der Waals surface area (Å²) < 4.78 is 31.6. The van der Waals surface area contributed by atoms with Gasteiger partial charge >= 0.3 is 0 Å². The minimum absolute atomic E-state index is 0.0998. The summed E-state index contributed by atoms with van der Waals surface area (Å²) in [5.41, 5.74) is 7.94. The molecule has 8 heteroatoms. The number of rotatable bonds is 7. The lowest BCUT2D eigenvalue weighted by molar-refractivity contribution is -0.123. The van der Waals surface area contributed by atoms with Crippen molar-refractivity contribution in [2.45, 2.75) is 26.0 Å². The molecule has 3 rings (SSSR count). The van der Waals surface area contributed by atoms with Crippen molar-refractivity contribution in [1.82, 2.24) is 10.9 Å². The average Bonchev–Trinajstić information content (AvgIpc) is 3.46. The number of benzene rings is 2. The molecular weight excluding hydrogens is 368 g/mol. The third-order valence-corrected chi connectivity index (χ3v) is 3.62. The molecular formula is C19H24N2O5S. The molecule has 0 heterocycles. The van der Waals surface area contributed by atoms with Crippen LogP contribution in [0.4, 0.5) is 0 Å². The highest BCUT2D eigenvalue weighted by Crippen LogP contribution is 2.28. The molecule has 0 saturated heterocycles. The van der Waals surface area contributed by atoms with Crippen LogP contribution >= 0.6 is 0 Å². The monoisotopic (exact) mass is 392 g/mol. The van der Waals surface area contributed by atoms with E-state index >= 15 is 0 Å². The zero-order valence-corrected chi connectivity index (χ0v) is 15.9. The summed E-state index contributed by atoms with van der Waals surface area (Å²) in [4.78, 5) is 11.5. The van der Waals surface area contributed by atoms with Gasteiger partial charge in [-0.05, 0) is 36.1 Å². The molecule has 1 fully saturated rings. The van der Waals surface area contributed by atoms with Gasteiger partial charge < -0.3 is 4.74 Å². The Bertz CT molecular complexity index is 811. The molecule has 0 unspecified atom stereocenters. The Hall–Kier alpha value is -2.42. The number of amides is 1. The third-order valence-electron chi connectivity index (χ3n) is 3.62. The van der Waals surface area contributed by atoms with E-state index in [9.17, 15) is 13.2 Å². The second-order valence-electron chi connectivity index (χ2n) is 6.27. The predicted molar refractivity (Wildman–Crippen MR) is 102 cm³/mol. The quantitative estimate of drug-likeness (QED) is 0.493. The molecule has 0 aromatic heterocycles. The Morgan fingerprint density at radius 2 is 1.67 bits per heavy atom. The topological polar surface area (TPSA) is 105 Å². The van der Waals surface area contributed by atoms with E-state index in [0.717, 1.165) is 29.7 Å². The van der Waals surface area contributed by atoms with Gasteiger partial charge in [-0.15, -0.1) is 0 Å². The van der Waals surface area contributed by atoms with Crippen molar-refractivity contribution >= 4 is 16.0 Å². The second-order valence-corrected chi connectivity index (χ2v) is 7.73. The molecule has 1 saturated carbocycles. The number of carbonyl (C=O) groups is 1. The maximum Gasteiger partial charge on any atom is 0.261 e. The lowest BCUT2D eigenvalue weighted by atomic mass is 10.2. The molecule has 1 aliphatic carbocycles. The van der Waals surface area contributed by atoms with Crippen LogP contribution in [0.1, 0.15) is 24.0 Å². The maximum absolute atomic E-state index is 11.5. The van der Waals surface area contributed by atoms with E-state index in [1.165, 1.54) is 0 Å². The molecule has 0 aliphatic heterocycles. The van der Waals surface area contributed by atoms with Gasteiger partial charge in [0.15, 0.2) is 0 Å². The fourth-order valence-corrected chi connectivity index (χ4v) is 2.13. The van der Waals surface area contributed by atoms with Gasteiger partial charge in [-0.2, -0.15) is 8.42 Å². The van der Waals surface area contributed by atoms with E-state index in [4.69, 9.17) is 9.29 Å². The average molecular weight is 392 g/mol. The minimum Gasteiger partial charge on any atom is -0.489 e. The minimum atomic E-state index is -3.67. The number of ether oxygens (including phenoxy) is 1. The van der Waals surface area contributed by atoms with Crippen LogP contribution in [-0.2, 0) is 28.1 Å². The summed E-state index contributed by atoms with van der Waals surface area (Å²) in [6, 6.07) is 18.0. The highest BCUT2D eigenvalue weighted by Gasteiger charge is 2.29. The number of nitrogens with one attached hydrogen (secondary N) is 2. The summed E-state index contributed by atoms with van der Waals surface area (Å²) >= 11 is 0. The fourth-order valence-electron chi connectivity index (χ4n) is 2.13. The van der Waals surface area contributed by atoms with Crippen LogP contribution in [0.3, 0.4) is 0 Å². The van der Waals surface area contributed by atoms with Crippen LogP contribution in [0.2, 0.25) is 0 Å². The third kappa shape index (κ3) is 9.74. The largest absolute Gasteiger partial charge is 0.489 e. The highest BCUT2D eigenvalue weighted by atomic mass is 32.2. The SMILES string of the molecule is CS(=O)(=O)O.O=C(NNCc1ccc(OCc2ccccc2)cc1)C1CC1. The van der Waals surface area contributed by atoms with E-state index in [0.29, 0.717) is 19.4 Å². The number of hydrogen-bond acceptors (Lipinski definition) is 5. The van der Waals surface area contributed by atoms with Crippen molar-refractivity contribution in [3.8, 4) is 5.75 Å². The Kier molecular flexibility index (Phi) is 7.78. The Morgan fingerprint density at radius 3 is 2.22 bits per heavy atom. The smallest absolute Gasteiger partial charge is 0.261 e. The van der Waals surface area contributed by atoms with Crippen molar-refractivity contribution in [1.29, 1.82) is 0 Å². The van der Waals surface area contributed by atoms with Crippen LogP contribution in [-0.4, -0.2) is 25.1 Å². The van der Waals surface area contributed by atoms with Crippen LogP contribution in [0, 0.1) is 5.92 Å². The lowest BCUT2D eigenvalue weighted by Gasteiger charge is -2.09. The molecule has 146 valence electrons. The van der Waals surface area contributed by atoms with Gasteiger partial charge in [0.05, 0.1) is 6.26 Å². The molecule has 0 bridgehead atoms. The predicted octanol–water partition coefficient (Wildman–Crippen LogP) is 2.30. The number of hydrogen-bond donors (Lipinski definition) is 3. The second kappa shape index (κ2) is 10.1. The lowest BCUT2D eigenvalue weighted by Crippen LogP contribution is -2.37. The zero-order chi connectivity index (χ0) is 19.7. The first-order chi connectivity index (χ1) is 12.8.